The molecule has 0 saturated heterocycles. The number of nitrogens with zero attached hydrogens (tertiary/aromatic N) is 5. The van der Waals surface area contributed by atoms with Crippen molar-refractivity contribution >= 4 is 76.9 Å². The molecule has 0 radical (unpaired) electrons. The maximum Gasteiger partial charge on any atom is 0.165 e. The predicted octanol–water partition coefficient (Wildman–Crippen LogP) is 13.8. The van der Waals surface area contributed by atoms with Gasteiger partial charge < -0.3 is 0 Å². The molecule has 0 unspecified atom stereocenters. The zero-order chi connectivity index (χ0) is 38.6. The van der Waals surface area contributed by atoms with E-state index in [1.807, 2.05) is 0 Å². The van der Waals surface area contributed by atoms with Gasteiger partial charge in [-0.2, -0.15) is 0 Å². The van der Waals surface area contributed by atoms with Gasteiger partial charge >= 0.3 is 0 Å². The number of hydrogen-bond donors (Lipinski definition) is 0. The van der Waals surface area contributed by atoms with Gasteiger partial charge in [0.15, 0.2) is 17.5 Å². The summed E-state index contributed by atoms with van der Waals surface area (Å²) < 4.78 is 4.90. The van der Waals surface area contributed by atoms with Crippen LogP contribution in [0.1, 0.15) is 0 Å². The Morgan fingerprint density at radius 1 is 0.407 bits per heavy atom. The van der Waals surface area contributed by atoms with E-state index < -0.39 is 0 Å². The first-order chi connectivity index (χ1) is 29.3. The Bertz CT molecular complexity index is 3710. The van der Waals surface area contributed by atoms with Crippen LogP contribution in [0.4, 0.5) is 0 Å². The smallest absolute Gasteiger partial charge is 0.165 e. The highest BCUT2D eigenvalue weighted by molar-refractivity contribution is 8.00. The van der Waals surface area contributed by atoms with Gasteiger partial charge in [0, 0.05) is 48.3 Å². The fraction of sp³-hybridized carbons (Fsp3) is 0. The zero-order valence-electron chi connectivity index (χ0n) is 31.5. The summed E-state index contributed by atoms with van der Waals surface area (Å²) in [5.74, 6) is 1.93. The highest BCUT2D eigenvalue weighted by Gasteiger charge is 2.30. The summed E-state index contributed by atoms with van der Waals surface area (Å²) in [5.41, 5.74) is 8.68. The SMILES string of the molecule is c1ccc(-n2c3ccccc3c3c4cccc5c4n(c32)-c2cccc(-c3nc(-c4ccc6c(ccc7ccccc76)c4)nc(-c4cccc6ccccc46)n3)c2S5)cc1. The highest BCUT2D eigenvalue weighted by atomic mass is 32.2. The van der Waals surface area contributed by atoms with Crippen molar-refractivity contribution in [2.75, 3.05) is 0 Å². The van der Waals surface area contributed by atoms with Gasteiger partial charge in [-0.15, -0.1) is 0 Å². The van der Waals surface area contributed by atoms with Crippen LogP contribution in [0.15, 0.2) is 198 Å². The molecule has 6 heteroatoms. The number of rotatable bonds is 4. The van der Waals surface area contributed by atoms with Crippen molar-refractivity contribution in [2.45, 2.75) is 9.79 Å². The molecule has 9 aromatic carbocycles. The second-order valence-corrected chi connectivity index (χ2v) is 16.2. The predicted molar refractivity (Wildman–Crippen MR) is 244 cm³/mol. The van der Waals surface area contributed by atoms with E-state index >= 15 is 0 Å². The molecular weight excluding hydrogens is 739 g/mol. The molecule has 13 rings (SSSR count). The topological polar surface area (TPSA) is 48.5 Å². The van der Waals surface area contributed by atoms with E-state index in [1.54, 1.807) is 11.8 Å². The molecule has 1 aliphatic heterocycles. The van der Waals surface area contributed by atoms with E-state index in [4.69, 9.17) is 15.0 Å². The summed E-state index contributed by atoms with van der Waals surface area (Å²) in [6.07, 6.45) is 0. The zero-order valence-corrected chi connectivity index (χ0v) is 32.4. The van der Waals surface area contributed by atoms with E-state index in [2.05, 4.69) is 197 Å². The Balaban J connectivity index is 1.08. The lowest BCUT2D eigenvalue weighted by molar-refractivity contribution is 1.02. The van der Waals surface area contributed by atoms with Crippen molar-refractivity contribution < 1.29 is 0 Å². The molecule has 274 valence electrons. The van der Waals surface area contributed by atoms with Crippen LogP contribution in [0.2, 0.25) is 0 Å². The molecule has 3 aromatic heterocycles. The average Bonchev–Trinajstić information content (AvgIpc) is 3.82. The van der Waals surface area contributed by atoms with E-state index in [9.17, 15) is 0 Å². The first kappa shape index (κ1) is 32.5. The van der Waals surface area contributed by atoms with E-state index in [1.165, 1.54) is 48.2 Å². The maximum atomic E-state index is 5.37. The monoisotopic (exact) mass is 769 g/mol. The highest BCUT2D eigenvalue weighted by Crippen LogP contribution is 2.51. The van der Waals surface area contributed by atoms with Crippen LogP contribution in [0.5, 0.6) is 0 Å². The van der Waals surface area contributed by atoms with Crippen LogP contribution < -0.4 is 0 Å². The van der Waals surface area contributed by atoms with E-state index in [0.29, 0.717) is 17.5 Å². The quantitative estimate of drug-likeness (QED) is 0.167. The van der Waals surface area contributed by atoms with E-state index in [0.717, 1.165) is 54.8 Å². The summed E-state index contributed by atoms with van der Waals surface area (Å²) in [4.78, 5) is 18.3. The Morgan fingerprint density at radius 2 is 1.03 bits per heavy atom. The fourth-order valence-corrected chi connectivity index (χ4v) is 10.5. The molecule has 0 N–H and O–H groups in total. The molecule has 0 atom stereocenters. The van der Waals surface area contributed by atoms with Crippen molar-refractivity contribution in [3.63, 3.8) is 0 Å². The summed E-state index contributed by atoms with van der Waals surface area (Å²) in [7, 11) is 0. The standard InChI is InChI=1S/C53H31N5S/c1-2-16-36(17-3-1)57-44-24-9-8-20-41(44)47-42-22-12-26-46-48(42)58(53(47)57)45-25-11-23-43(49(45)59-46)52-55-50(54-51(56-52)40-21-10-15-32-13-4-7-19-38(32)40)35-29-30-39-34(31-35)28-27-33-14-5-6-18-37(33)39/h1-31H. The lowest BCUT2D eigenvalue weighted by Crippen LogP contribution is -2.07. The van der Waals surface area contributed by atoms with Crippen molar-refractivity contribution in [3.05, 3.63) is 188 Å². The van der Waals surface area contributed by atoms with Crippen LogP contribution in [0.3, 0.4) is 0 Å². The van der Waals surface area contributed by atoms with Crippen LogP contribution in [0.25, 0.3) is 111 Å². The van der Waals surface area contributed by atoms with Crippen LogP contribution in [-0.4, -0.2) is 24.1 Å². The molecule has 59 heavy (non-hydrogen) atoms. The normalized spacial score (nSPS) is 12.3. The first-order valence-corrected chi connectivity index (χ1v) is 20.7. The third-order valence-electron chi connectivity index (χ3n) is 11.9. The minimum Gasteiger partial charge on any atom is -0.295 e. The number of hydrogen-bond acceptors (Lipinski definition) is 4. The van der Waals surface area contributed by atoms with Crippen LogP contribution in [0, 0.1) is 0 Å². The van der Waals surface area contributed by atoms with Gasteiger partial charge in [-0.25, -0.2) is 15.0 Å². The summed E-state index contributed by atoms with van der Waals surface area (Å²) >= 11 is 1.80. The van der Waals surface area contributed by atoms with Crippen molar-refractivity contribution in [1.29, 1.82) is 0 Å². The Kier molecular flexibility index (Phi) is 6.88. The van der Waals surface area contributed by atoms with Gasteiger partial charge in [-0.3, -0.25) is 9.13 Å². The van der Waals surface area contributed by atoms with Gasteiger partial charge in [0.05, 0.1) is 16.7 Å². The molecule has 0 aliphatic carbocycles. The third-order valence-corrected chi connectivity index (χ3v) is 13.1. The van der Waals surface area contributed by atoms with E-state index in [-0.39, 0.29) is 0 Å². The van der Waals surface area contributed by atoms with Crippen molar-refractivity contribution in [3.8, 4) is 45.5 Å². The molecule has 0 amide bonds. The third kappa shape index (κ3) is 4.78. The molecule has 0 spiro atoms. The average molecular weight is 770 g/mol. The lowest BCUT2D eigenvalue weighted by Gasteiger charge is -2.23. The molecule has 1 aliphatic rings. The molecule has 0 fully saturated rings. The van der Waals surface area contributed by atoms with Gasteiger partial charge in [0.25, 0.3) is 0 Å². The summed E-state index contributed by atoms with van der Waals surface area (Å²) in [5, 5.41) is 10.8. The molecule has 5 nitrogen and oxygen atoms in total. The first-order valence-electron chi connectivity index (χ1n) is 19.9. The summed E-state index contributed by atoms with van der Waals surface area (Å²) in [6.45, 7) is 0. The second-order valence-electron chi connectivity index (χ2n) is 15.2. The van der Waals surface area contributed by atoms with Crippen molar-refractivity contribution in [2.24, 2.45) is 0 Å². The van der Waals surface area contributed by atoms with Crippen LogP contribution >= 0.6 is 11.8 Å². The molecule has 0 saturated carbocycles. The molecule has 0 bridgehead atoms. The Hall–Kier alpha value is -7.54. The molecule has 4 heterocycles. The fourth-order valence-electron chi connectivity index (χ4n) is 9.33. The molecular formula is C53H31N5S. The number of aromatic nitrogens is 5. The number of para-hydroxylation sites is 3. The number of fused-ring (bicyclic) bond motifs is 11. The van der Waals surface area contributed by atoms with Gasteiger partial charge in [0.2, 0.25) is 0 Å². The second kappa shape index (κ2) is 12.5. The van der Waals surface area contributed by atoms with Gasteiger partial charge in [-0.05, 0) is 74.8 Å². The van der Waals surface area contributed by atoms with Gasteiger partial charge in [-0.1, -0.05) is 157 Å². The largest absolute Gasteiger partial charge is 0.295 e. The Labute approximate surface area is 342 Å². The van der Waals surface area contributed by atoms with Gasteiger partial charge in [0.1, 0.15) is 5.65 Å². The molecule has 12 aromatic rings. The van der Waals surface area contributed by atoms with Crippen molar-refractivity contribution in [1.82, 2.24) is 24.1 Å². The minimum absolute atomic E-state index is 0.641. The number of benzene rings is 9. The lowest BCUT2D eigenvalue weighted by atomic mass is 10.00. The Morgan fingerprint density at radius 3 is 1.92 bits per heavy atom. The summed E-state index contributed by atoms with van der Waals surface area (Å²) in [6, 6.07) is 67.1. The van der Waals surface area contributed by atoms with Crippen LogP contribution in [-0.2, 0) is 0 Å². The maximum absolute atomic E-state index is 5.37. The minimum atomic E-state index is 0.641.